The van der Waals surface area contributed by atoms with Crippen molar-refractivity contribution in [3.63, 3.8) is 0 Å². The van der Waals surface area contributed by atoms with E-state index in [0.29, 0.717) is 0 Å². The van der Waals surface area contributed by atoms with Crippen LogP contribution >= 0.6 is 0 Å². The van der Waals surface area contributed by atoms with Crippen molar-refractivity contribution in [2.75, 3.05) is 0 Å². The minimum atomic E-state index is -0.261. The van der Waals surface area contributed by atoms with Crippen LogP contribution in [-0.2, 0) is 6.54 Å². The van der Waals surface area contributed by atoms with E-state index in [1.54, 1.807) is 18.6 Å². The highest BCUT2D eigenvalue weighted by atomic mass is 15.4. The molecule has 0 spiro atoms. The van der Waals surface area contributed by atoms with Gasteiger partial charge in [0.25, 0.3) is 0 Å². The maximum absolute atomic E-state index is 6.33. The third-order valence-electron chi connectivity index (χ3n) is 3.25. The van der Waals surface area contributed by atoms with E-state index >= 15 is 0 Å². The van der Waals surface area contributed by atoms with Gasteiger partial charge in [-0.15, -0.1) is 5.10 Å². The second kappa shape index (κ2) is 5.34. The number of hydrogen-bond acceptors (Lipinski definition) is 5. The lowest BCUT2D eigenvalue weighted by Crippen LogP contribution is -2.17. The summed E-state index contributed by atoms with van der Waals surface area (Å²) in [5, 5.41) is 8.03. The number of fused-ring (bicyclic) bond motifs is 1. The molecule has 2 N–H and O–H groups in total. The molecule has 0 radical (unpaired) electrons. The van der Waals surface area contributed by atoms with Crippen molar-refractivity contribution >= 4 is 11.0 Å². The topological polar surface area (TPSA) is 82.5 Å². The van der Waals surface area contributed by atoms with Crippen molar-refractivity contribution < 1.29 is 0 Å². The van der Waals surface area contributed by atoms with E-state index in [0.717, 1.165) is 35.3 Å². The Morgan fingerprint density at radius 3 is 2.80 bits per heavy atom. The van der Waals surface area contributed by atoms with Gasteiger partial charge in [-0.3, -0.25) is 9.97 Å². The molecule has 0 aliphatic carbocycles. The Hall–Kier alpha value is -2.34. The molecule has 0 aliphatic rings. The van der Waals surface area contributed by atoms with E-state index in [4.69, 9.17) is 5.73 Å². The lowest BCUT2D eigenvalue weighted by Gasteiger charge is -2.13. The second-order valence-electron chi connectivity index (χ2n) is 4.66. The second-order valence-corrected chi connectivity index (χ2v) is 4.66. The minimum Gasteiger partial charge on any atom is -0.319 e. The molecule has 3 aromatic rings. The smallest absolute Gasteiger partial charge is 0.0890 e. The maximum Gasteiger partial charge on any atom is 0.0890 e. The SMILES string of the molecule is CCCn1nncc1C(N)c1ccc2nccnc2c1. The molecule has 1 atom stereocenters. The Labute approximate surface area is 116 Å². The van der Waals surface area contributed by atoms with Gasteiger partial charge in [0.1, 0.15) is 0 Å². The molecular weight excluding hydrogens is 252 g/mol. The van der Waals surface area contributed by atoms with Crippen molar-refractivity contribution in [1.82, 2.24) is 25.0 Å². The third-order valence-corrected chi connectivity index (χ3v) is 3.25. The molecule has 2 heterocycles. The van der Waals surface area contributed by atoms with Crippen molar-refractivity contribution in [1.29, 1.82) is 0 Å². The largest absolute Gasteiger partial charge is 0.319 e. The summed E-state index contributed by atoms with van der Waals surface area (Å²) in [6.07, 6.45) is 6.08. The zero-order valence-electron chi connectivity index (χ0n) is 11.3. The molecule has 0 fully saturated rings. The van der Waals surface area contributed by atoms with Gasteiger partial charge in [0.2, 0.25) is 0 Å². The summed E-state index contributed by atoms with van der Waals surface area (Å²) < 4.78 is 1.85. The van der Waals surface area contributed by atoms with Crippen LogP contribution in [0.25, 0.3) is 11.0 Å². The first-order valence-corrected chi connectivity index (χ1v) is 6.64. The summed E-state index contributed by atoms with van der Waals surface area (Å²) in [6.45, 7) is 2.92. The Bertz CT molecular complexity index is 720. The Morgan fingerprint density at radius 1 is 1.20 bits per heavy atom. The van der Waals surface area contributed by atoms with E-state index in [2.05, 4.69) is 27.2 Å². The zero-order valence-corrected chi connectivity index (χ0v) is 11.3. The number of nitrogens with two attached hydrogens (primary N) is 1. The molecule has 1 unspecified atom stereocenters. The van der Waals surface area contributed by atoms with Gasteiger partial charge in [-0.1, -0.05) is 18.2 Å². The minimum absolute atomic E-state index is 0.261. The number of nitrogens with zero attached hydrogens (tertiary/aromatic N) is 5. The molecule has 1 aromatic carbocycles. The molecule has 20 heavy (non-hydrogen) atoms. The quantitative estimate of drug-likeness (QED) is 0.778. The molecular formula is C14H16N6. The Balaban J connectivity index is 1.99. The number of hydrogen-bond donors (Lipinski definition) is 1. The predicted molar refractivity (Wildman–Crippen MR) is 75.9 cm³/mol. The van der Waals surface area contributed by atoms with Crippen molar-refractivity contribution in [2.45, 2.75) is 25.9 Å². The lowest BCUT2D eigenvalue weighted by atomic mass is 10.0. The summed E-state index contributed by atoms with van der Waals surface area (Å²) in [6, 6.07) is 5.62. The monoisotopic (exact) mass is 268 g/mol. The highest BCUT2D eigenvalue weighted by Crippen LogP contribution is 2.21. The van der Waals surface area contributed by atoms with Crippen LogP contribution in [0.5, 0.6) is 0 Å². The van der Waals surface area contributed by atoms with Gasteiger partial charge in [0, 0.05) is 18.9 Å². The standard InChI is InChI=1S/C14H16N6/c1-2-7-20-13(9-18-19-20)14(15)10-3-4-11-12(8-10)17-6-5-16-11/h3-6,8-9,14H,2,7,15H2,1H3. The van der Waals surface area contributed by atoms with Crippen LogP contribution in [0, 0.1) is 0 Å². The molecule has 0 amide bonds. The van der Waals surface area contributed by atoms with Gasteiger partial charge < -0.3 is 5.73 Å². The average molecular weight is 268 g/mol. The maximum atomic E-state index is 6.33. The van der Waals surface area contributed by atoms with Crippen LogP contribution < -0.4 is 5.73 Å². The van der Waals surface area contributed by atoms with Gasteiger partial charge in [0.05, 0.1) is 29.0 Å². The molecule has 3 rings (SSSR count). The average Bonchev–Trinajstić information content (AvgIpc) is 2.94. The van der Waals surface area contributed by atoms with Crippen molar-refractivity contribution in [3.05, 3.63) is 48.0 Å². The van der Waals surface area contributed by atoms with Crippen molar-refractivity contribution in [3.8, 4) is 0 Å². The summed E-state index contributed by atoms with van der Waals surface area (Å²) >= 11 is 0. The first-order valence-electron chi connectivity index (χ1n) is 6.64. The lowest BCUT2D eigenvalue weighted by molar-refractivity contribution is 0.543. The fourth-order valence-electron chi connectivity index (χ4n) is 2.24. The van der Waals surface area contributed by atoms with Crippen LogP contribution in [0.15, 0.2) is 36.8 Å². The molecule has 6 heteroatoms. The molecule has 0 saturated carbocycles. The molecule has 102 valence electrons. The van der Waals surface area contributed by atoms with E-state index in [9.17, 15) is 0 Å². The van der Waals surface area contributed by atoms with E-state index in [1.165, 1.54) is 0 Å². The normalized spacial score (nSPS) is 12.7. The van der Waals surface area contributed by atoms with Gasteiger partial charge in [-0.25, -0.2) is 4.68 Å². The first kappa shape index (κ1) is 12.7. The molecule has 6 nitrogen and oxygen atoms in total. The van der Waals surface area contributed by atoms with Crippen LogP contribution in [-0.4, -0.2) is 25.0 Å². The molecule has 0 saturated heterocycles. The summed E-state index contributed by atoms with van der Waals surface area (Å²) in [5.41, 5.74) is 9.94. The number of aryl methyl sites for hydroxylation is 1. The van der Waals surface area contributed by atoms with Crippen LogP contribution in [0.3, 0.4) is 0 Å². The Kier molecular flexibility index (Phi) is 3.39. The van der Waals surface area contributed by atoms with Crippen molar-refractivity contribution in [2.24, 2.45) is 5.73 Å². The summed E-state index contributed by atoms with van der Waals surface area (Å²) in [5.74, 6) is 0. The third kappa shape index (κ3) is 2.25. The first-order chi connectivity index (χ1) is 9.79. The fourth-order valence-corrected chi connectivity index (χ4v) is 2.24. The van der Waals surface area contributed by atoms with E-state index < -0.39 is 0 Å². The Morgan fingerprint density at radius 2 is 2.00 bits per heavy atom. The van der Waals surface area contributed by atoms with Gasteiger partial charge in [-0.2, -0.15) is 0 Å². The summed E-state index contributed by atoms with van der Waals surface area (Å²) in [7, 11) is 0. The van der Waals surface area contributed by atoms with Gasteiger partial charge >= 0.3 is 0 Å². The summed E-state index contributed by atoms with van der Waals surface area (Å²) in [4.78, 5) is 8.57. The molecule has 0 bridgehead atoms. The van der Waals surface area contributed by atoms with E-state index in [1.807, 2.05) is 22.9 Å². The van der Waals surface area contributed by atoms with Crippen LogP contribution in [0.1, 0.15) is 30.6 Å². The molecule has 0 aliphatic heterocycles. The van der Waals surface area contributed by atoms with Gasteiger partial charge in [-0.05, 0) is 24.1 Å². The van der Waals surface area contributed by atoms with Crippen LogP contribution in [0.2, 0.25) is 0 Å². The molecule has 2 aromatic heterocycles. The van der Waals surface area contributed by atoms with Crippen LogP contribution in [0.4, 0.5) is 0 Å². The number of benzene rings is 1. The van der Waals surface area contributed by atoms with E-state index in [-0.39, 0.29) is 6.04 Å². The highest BCUT2D eigenvalue weighted by molar-refractivity contribution is 5.74. The highest BCUT2D eigenvalue weighted by Gasteiger charge is 2.15. The number of rotatable bonds is 4. The van der Waals surface area contributed by atoms with Gasteiger partial charge in [0.15, 0.2) is 0 Å². The number of aromatic nitrogens is 5. The predicted octanol–water partition coefficient (Wildman–Crippen LogP) is 1.68. The zero-order chi connectivity index (χ0) is 13.9. The fraction of sp³-hybridized carbons (Fsp3) is 0.286.